The van der Waals surface area contributed by atoms with Crippen LogP contribution in [-0.2, 0) is 0 Å². The van der Waals surface area contributed by atoms with E-state index < -0.39 is 0 Å². The summed E-state index contributed by atoms with van der Waals surface area (Å²) in [5, 5.41) is 8.87. The molecule has 1 aliphatic rings. The first-order valence-corrected chi connectivity index (χ1v) is 12.1. The maximum atomic E-state index is 5.03. The van der Waals surface area contributed by atoms with Gasteiger partial charge >= 0.3 is 0 Å². The molecule has 0 atom stereocenters. The molecule has 0 amide bonds. The van der Waals surface area contributed by atoms with Gasteiger partial charge in [0.05, 0.1) is 16.6 Å². The summed E-state index contributed by atoms with van der Waals surface area (Å²) in [4.78, 5) is 5.03. The maximum absolute atomic E-state index is 5.03. The molecular weight excluding hydrogens is 424 g/mol. The summed E-state index contributed by atoms with van der Waals surface area (Å²) in [7, 11) is 0. The van der Waals surface area contributed by atoms with Crippen LogP contribution in [-0.4, -0.2) is 10.3 Å². The number of benzene rings is 5. The Balaban J connectivity index is 1.52. The molecule has 166 valence electrons. The van der Waals surface area contributed by atoms with E-state index in [0.717, 1.165) is 17.8 Å². The average molecular weight is 449 g/mol. The highest BCUT2D eigenvalue weighted by Crippen LogP contribution is 2.28. The largest absolute Gasteiger partial charge is 0.309 e. The lowest BCUT2D eigenvalue weighted by Gasteiger charge is -2.11. The third-order valence-electron chi connectivity index (χ3n) is 7.14. The predicted molar refractivity (Wildman–Crippen MR) is 149 cm³/mol. The monoisotopic (exact) mass is 448 g/mol. The Morgan fingerprint density at radius 3 is 2.29 bits per heavy atom. The van der Waals surface area contributed by atoms with Crippen molar-refractivity contribution >= 4 is 56.0 Å². The Morgan fingerprint density at radius 2 is 1.40 bits per heavy atom. The van der Waals surface area contributed by atoms with Gasteiger partial charge in [-0.15, -0.1) is 0 Å². The fourth-order valence-electron chi connectivity index (χ4n) is 5.39. The summed E-state index contributed by atoms with van der Waals surface area (Å²) < 4.78 is 2.40. The Morgan fingerprint density at radius 1 is 0.686 bits per heavy atom. The van der Waals surface area contributed by atoms with Crippen LogP contribution < -0.4 is 10.6 Å². The molecule has 35 heavy (non-hydrogen) atoms. The minimum Gasteiger partial charge on any atom is -0.309 e. The molecule has 1 heterocycles. The summed E-state index contributed by atoms with van der Waals surface area (Å²) in [6, 6.07) is 36.9. The number of para-hydroxylation sites is 2. The summed E-state index contributed by atoms with van der Waals surface area (Å²) in [6.45, 7) is 2.12. The van der Waals surface area contributed by atoms with E-state index in [2.05, 4.69) is 127 Å². The number of nitrogens with zero attached hydrogens (tertiary/aromatic N) is 2. The number of fused-ring (bicyclic) bond motifs is 6. The summed E-state index contributed by atoms with van der Waals surface area (Å²) in [5.74, 6) is 0. The number of rotatable bonds is 2. The second-order valence-corrected chi connectivity index (χ2v) is 9.29. The van der Waals surface area contributed by atoms with Gasteiger partial charge in [-0.3, -0.25) is 4.99 Å². The Hall–Kier alpha value is -4.43. The molecule has 0 aliphatic heterocycles. The number of hydrogen-bond acceptors (Lipinski definition) is 1. The Kier molecular flexibility index (Phi) is 4.46. The molecule has 2 nitrogen and oxygen atoms in total. The van der Waals surface area contributed by atoms with Crippen LogP contribution in [0.4, 0.5) is 5.69 Å². The molecule has 0 unspecified atom stereocenters. The molecule has 0 saturated heterocycles. The predicted octanol–water partition coefficient (Wildman–Crippen LogP) is 6.98. The van der Waals surface area contributed by atoms with Crippen LogP contribution in [0.3, 0.4) is 0 Å². The van der Waals surface area contributed by atoms with Crippen LogP contribution in [0.15, 0.2) is 108 Å². The number of aliphatic imine (C=N–C) groups is 1. The minimum absolute atomic E-state index is 0.831. The van der Waals surface area contributed by atoms with E-state index in [9.17, 15) is 0 Å². The zero-order valence-electron chi connectivity index (χ0n) is 19.6. The zero-order chi connectivity index (χ0) is 23.4. The van der Waals surface area contributed by atoms with Gasteiger partial charge in [0, 0.05) is 28.4 Å². The fourth-order valence-corrected chi connectivity index (χ4v) is 5.39. The molecule has 0 N–H and O–H groups in total. The molecule has 0 saturated carbocycles. The third kappa shape index (κ3) is 3.22. The molecule has 0 radical (unpaired) electrons. The van der Waals surface area contributed by atoms with Gasteiger partial charge in [0.15, 0.2) is 0 Å². The van der Waals surface area contributed by atoms with Gasteiger partial charge in [-0.1, -0.05) is 84.9 Å². The van der Waals surface area contributed by atoms with Crippen molar-refractivity contribution in [2.45, 2.75) is 13.3 Å². The van der Waals surface area contributed by atoms with E-state index in [1.54, 1.807) is 0 Å². The smallest absolute Gasteiger partial charge is 0.0662 e. The van der Waals surface area contributed by atoms with E-state index in [4.69, 9.17) is 4.99 Å². The lowest BCUT2D eigenvalue weighted by molar-refractivity contribution is 1.07. The van der Waals surface area contributed by atoms with Gasteiger partial charge in [0.25, 0.3) is 0 Å². The van der Waals surface area contributed by atoms with Gasteiger partial charge in [-0.25, -0.2) is 0 Å². The SMILES string of the molecule is Cc1ccccc1/N=C1/C=c2c(c3ccccc3n2-c2ccc3ccc4ccccc4c3c2)=CC1. The first kappa shape index (κ1) is 20.0. The van der Waals surface area contributed by atoms with Crippen LogP contribution in [0.1, 0.15) is 12.0 Å². The molecule has 6 aromatic rings. The van der Waals surface area contributed by atoms with Gasteiger partial charge in [0.1, 0.15) is 0 Å². The molecule has 5 aromatic carbocycles. The lowest BCUT2D eigenvalue weighted by Crippen LogP contribution is -2.32. The minimum atomic E-state index is 0.831. The van der Waals surface area contributed by atoms with Crippen molar-refractivity contribution < 1.29 is 0 Å². The van der Waals surface area contributed by atoms with Crippen molar-refractivity contribution in [3.05, 3.63) is 119 Å². The van der Waals surface area contributed by atoms with Crippen LogP contribution in [0, 0.1) is 6.92 Å². The van der Waals surface area contributed by atoms with Crippen LogP contribution >= 0.6 is 0 Å². The molecule has 2 heteroatoms. The maximum Gasteiger partial charge on any atom is 0.0662 e. The highest BCUT2D eigenvalue weighted by atomic mass is 15.0. The van der Waals surface area contributed by atoms with Crippen LogP contribution in [0.25, 0.3) is 50.3 Å². The highest BCUT2D eigenvalue weighted by Gasteiger charge is 2.14. The molecule has 0 spiro atoms. The van der Waals surface area contributed by atoms with Crippen LogP contribution in [0.2, 0.25) is 0 Å². The molecule has 0 fully saturated rings. The highest BCUT2D eigenvalue weighted by molar-refractivity contribution is 6.15. The fraction of sp³-hybridized carbons (Fsp3) is 0.0606. The normalized spacial score (nSPS) is 14.3. The third-order valence-corrected chi connectivity index (χ3v) is 7.14. The summed E-state index contributed by atoms with van der Waals surface area (Å²) >= 11 is 0. The summed E-state index contributed by atoms with van der Waals surface area (Å²) in [5.41, 5.74) is 5.72. The van der Waals surface area contributed by atoms with Gasteiger partial charge < -0.3 is 4.57 Å². The Labute approximate surface area is 203 Å². The van der Waals surface area contributed by atoms with E-state index in [1.807, 2.05) is 0 Å². The van der Waals surface area contributed by atoms with Crippen LogP contribution in [0.5, 0.6) is 0 Å². The first-order chi connectivity index (χ1) is 17.3. The van der Waals surface area contributed by atoms with E-state index in [0.29, 0.717) is 0 Å². The first-order valence-electron chi connectivity index (χ1n) is 12.1. The van der Waals surface area contributed by atoms with Crippen molar-refractivity contribution in [3.8, 4) is 5.69 Å². The quantitative estimate of drug-likeness (QED) is 0.254. The van der Waals surface area contributed by atoms with Crippen molar-refractivity contribution in [2.75, 3.05) is 0 Å². The van der Waals surface area contributed by atoms with Gasteiger partial charge in [-0.2, -0.15) is 0 Å². The molecule has 1 aliphatic carbocycles. The van der Waals surface area contributed by atoms with Gasteiger partial charge in [0.2, 0.25) is 0 Å². The van der Waals surface area contributed by atoms with Crippen molar-refractivity contribution in [1.82, 2.24) is 4.57 Å². The number of aromatic nitrogens is 1. The number of hydrogen-bond donors (Lipinski definition) is 0. The van der Waals surface area contributed by atoms with E-state index >= 15 is 0 Å². The van der Waals surface area contributed by atoms with E-state index in [-0.39, 0.29) is 0 Å². The molecule has 1 aromatic heterocycles. The topological polar surface area (TPSA) is 17.3 Å². The summed E-state index contributed by atoms with van der Waals surface area (Å²) in [6.07, 6.45) is 5.44. The molecule has 0 bridgehead atoms. The Bertz CT molecular complexity index is 1940. The van der Waals surface area contributed by atoms with Gasteiger partial charge in [-0.05, 0) is 64.4 Å². The zero-order valence-corrected chi connectivity index (χ0v) is 19.6. The second-order valence-electron chi connectivity index (χ2n) is 9.29. The number of aryl methyl sites for hydroxylation is 1. The van der Waals surface area contributed by atoms with Crippen molar-refractivity contribution in [3.63, 3.8) is 0 Å². The lowest BCUT2D eigenvalue weighted by atomic mass is 10.0. The van der Waals surface area contributed by atoms with Crippen molar-refractivity contribution in [1.29, 1.82) is 0 Å². The molecular formula is C33H24N2. The van der Waals surface area contributed by atoms with E-state index in [1.165, 1.54) is 54.3 Å². The standard InChI is InChI=1S/C33H24N2/c1-22-8-2-6-12-31(22)34-25-17-19-29-28-11-5-7-13-32(28)35(33(29)20-25)26-18-16-24-15-14-23-9-3-4-10-27(23)30(24)21-26/h2-16,18-21H,17H2,1H3/b34-25+. The average Bonchev–Trinajstić information content (AvgIpc) is 3.23. The van der Waals surface area contributed by atoms with Crippen molar-refractivity contribution in [2.24, 2.45) is 4.99 Å². The molecule has 7 rings (SSSR count). The second kappa shape index (κ2) is 7.82.